The van der Waals surface area contributed by atoms with E-state index in [0.29, 0.717) is 24.8 Å². The smallest absolute Gasteiger partial charge is 0.267 e. The number of nitrogens with two attached hydrogens (primary N) is 1. The molecule has 7 heteroatoms. The Morgan fingerprint density at radius 3 is 2.48 bits per heavy atom. The molecule has 25 heavy (non-hydrogen) atoms. The van der Waals surface area contributed by atoms with Crippen molar-refractivity contribution in [2.45, 2.75) is 52.4 Å². The average Bonchev–Trinajstić information content (AvgIpc) is 2.51. The van der Waals surface area contributed by atoms with Gasteiger partial charge in [0.1, 0.15) is 5.75 Å². The Bertz CT molecular complexity index is 601. The van der Waals surface area contributed by atoms with Gasteiger partial charge >= 0.3 is 0 Å². The quantitative estimate of drug-likeness (QED) is 0.305. The Morgan fingerprint density at radius 2 is 1.96 bits per heavy atom. The zero-order valence-corrected chi connectivity index (χ0v) is 17.2. The largest absolute Gasteiger partial charge is 0.493 e. The SMILES string of the molecule is CCN(C)C(N)=Nc1cc(C(F)F)c(OCCC[Si](C)(C)C)cc1C. The van der Waals surface area contributed by atoms with Gasteiger partial charge in [0.15, 0.2) is 5.96 Å². The summed E-state index contributed by atoms with van der Waals surface area (Å²) in [6.07, 6.45) is -1.74. The highest BCUT2D eigenvalue weighted by Crippen LogP contribution is 2.35. The number of aliphatic imine (C=N–C) groups is 1. The standard InChI is InChI=1S/C18H31F2N3OSi/c1-7-23(3)18(21)22-15-12-14(17(19)20)16(11-13(15)2)24-9-8-10-25(4,5)6/h11-12,17H,7-10H2,1-6H3,(H2,21,22). The number of hydrogen-bond acceptors (Lipinski definition) is 2. The van der Waals surface area contributed by atoms with Crippen LogP contribution in [0.2, 0.25) is 25.7 Å². The van der Waals surface area contributed by atoms with Crippen LogP contribution in [0.4, 0.5) is 14.5 Å². The summed E-state index contributed by atoms with van der Waals surface area (Å²) in [4.78, 5) is 6.03. The van der Waals surface area contributed by atoms with Gasteiger partial charge in [-0.1, -0.05) is 25.7 Å². The van der Waals surface area contributed by atoms with Crippen molar-refractivity contribution < 1.29 is 13.5 Å². The van der Waals surface area contributed by atoms with Gasteiger partial charge in [-0.3, -0.25) is 0 Å². The second-order valence-electron chi connectivity index (χ2n) is 7.47. The molecule has 0 bridgehead atoms. The van der Waals surface area contributed by atoms with Crippen LogP contribution in [0.15, 0.2) is 17.1 Å². The van der Waals surface area contributed by atoms with Crippen LogP contribution in [0.5, 0.6) is 5.75 Å². The first-order chi connectivity index (χ1) is 11.5. The summed E-state index contributed by atoms with van der Waals surface area (Å²) >= 11 is 0. The minimum absolute atomic E-state index is 0.135. The first-order valence-electron chi connectivity index (χ1n) is 8.66. The molecule has 0 aliphatic heterocycles. The van der Waals surface area contributed by atoms with E-state index in [9.17, 15) is 8.78 Å². The van der Waals surface area contributed by atoms with Crippen molar-refractivity contribution >= 4 is 19.7 Å². The maximum atomic E-state index is 13.4. The number of halogens is 2. The minimum atomic E-state index is -2.62. The molecular weight excluding hydrogens is 340 g/mol. The van der Waals surface area contributed by atoms with E-state index >= 15 is 0 Å². The molecule has 0 heterocycles. The Labute approximate surface area is 151 Å². The van der Waals surface area contributed by atoms with Gasteiger partial charge in [0, 0.05) is 21.7 Å². The van der Waals surface area contributed by atoms with Gasteiger partial charge in [0.2, 0.25) is 0 Å². The van der Waals surface area contributed by atoms with E-state index in [1.807, 2.05) is 13.8 Å². The number of ether oxygens (including phenoxy) is 1. The maximum absolute atomic E-state index is 13.4. The van der Waals surface area contributed by atoms with Crippen LogP contribution in [0.1, 0.15) is 30.9 Å². The zero-order valence-electron chi connectivity index (χ0n) is 16.2. The summed E-state index contributed by atoms with van der Waals surface area (Å²) in [5.41, 5.74) is 6.97. The van der Waals surface area contributed by atoms with Crippen LogP contribution in [-0.4, -0.2) is 39.1 Å². The number of nitrogens with zero attached hydrogens (tertiary/aromatic N) is 2. The van der Waals surface area contributed by atoms with E-state index in [-0.39, 0.29) is 11.3 Å². The number of benzene rings is 1. The number of rotatable bonds is 8. The number of alkyl halides is 2. The highest BCUT2D eigenvalue weighted by atomic mass is 28.3. The first-order valence-corrected chi connectivity index (χ1v) is 12.4. The average molecular weight is 372 g/mol. The molecule has 0 aromatic heterocycles. The van der Waals surface area contributed by atoms with Crippen molar-refractivity contribution in [1.82, 2.24) is 4.90 Å². The molecule has 0 atom stereocenters. The summed E-state index contributed by atoms with van der Waals surface area (Å²) < 4.78 is 32.5. The third-order valence-electron chi connectivity index (χ3n) is 3.99. The first kappa shape index (κ1) is 21.4. The number of hydrogen-bond donors (Lipinski definition) is 1. The summed E-state index contributed by atoms with van der Waals surface area (Å²) in [6.45, 7) is 11.8. The van der Waals surface area contributed by atoms with Crippen molar-refractivity contribution in [3.63, 3.8) is 0 Å². The number of guanidine groups is 1. The van der Waals surface area contributed by atoms with E-state index in [1.54, 1.807) is 18.0 Å². The van der Waals surface area contributed by atoms with Gasteiger partial charge in [-0.25, -0.2) is 13.8 Å². The highest BCUT2D eigenvalue weighted by molar-refractivity contribution is 6.76. The molecule has 0 aliphatic carbocycles. The van der Waals surface area contributed by atoms with Crippen LogP contribution in [0.25, 0.3) is 0 Å². The monoisotopic (exact) mass is 371 g/mol. The molecule has 0 amide bonds. The van der Waals surface area contributed by atoms with E-state index in [2.05, 4.69) is 24.6 Å². The predicted molar refractivity (Wildman–Crippen MR) is 104 cm³/mol. The fraction of sp³-hybridized carbons (Fsp3) is 0.611. The van der Waals surface area contributed by atoms with Crippen molar-refractivity contribution in [2.24, 2.45) is 10.7 Å². The topological polar surface area (TPSA) is 50.8 Å². The molecule has 0 spiro atoms. The fourth-order valence-electron chi connectivity index (χ4n) is 2.26. The molecule has 1 aromatic carbocycles. The molecule has 0 unspecified atom stereocenters. The molecule has 0 radical (unpaired) electrons. The molecule has 0 saturated heterocycles. The lowest BCUT2D eigenvalue weighted by Gasteiger charge is -2.18. The van der Waals surface area contributed by atoms with E-state index in [0.717, 1.165) is 18.0 Å². The van der Waals surface area contributed by atoms with Crippen LogP contribution in [-0.2, 0) is 0 Å². The third kappa shape index (κ3) is 7.02. The summed E-state index contributed by atoms with van der Waals surface area (Å²) in [5, 5.41) is 0. The lowest BCUT2D eigenvalue weighted by molar-refractivity contribution is 0.145. The van der Waals surface area contributed by atoms with E-state index < -0.39 is 14.5 Å². The molecule has 0 fully saturated rings. The van der Waals surface area contributed by atoms with Crippen molar-refractivity contribution in [3.8, 4) is 5.75 Å². The minimum Gasteiger partial charge on any atom is -0.493 e. The van der Waals surface area contributed by atoms with Gasteiger partial charge < -0.3 is 15.4 Å². The Balaban J connectivity index is 2.99. The van der Waals surface area contributed by atoms with Crippen molar-refractivity contribution in [2.75, 3.05) is 20.2 Å². The van der Waals surface area contributed by atoms with Crippen molar-refractivity contribution in [3.05, 3.63) is 23.3 Å². The Morgan fingerprint density at radius 1 is 1.32 bits per heavy atom. The zero-order chi connectivity index (χ0) is 19.2. The molecule has 2 N–H and O–H groups in total. The molecular formula is C18H31F2N3OSi. The Kier molecular flexibility index (Phi) is 7.85. The molecule has 142 valence electrons. The van der Waals surface area contributed by atoms with Gasteiger partial charge in [0.05, 0.1) is 17.9 Å². The van der Waals surface area contributed by atoms with Gasteiger partial charge in [-0.2, -0.15) is 0 Å². The lowest BCUT2D eigenvalue weighted by atomic mass is 10.1. The summed E-state index contributed by atoms with van der Waals surface area (Å²) in [6, 6.07) is 4.12. The lowest BCUT2D eigenvalue weighted by Crippen LogP contribution is -2.33. The molecule has 0 aliphatic rings. The molecule has 1 rings (SSSR count). The molecule has 1 aromatic rings. The fourth-order valence-corrected chi connectivity index (χ4v) is 3.46. The third-order valence-corrected chi connectivity index (χ3v) is 5.85. The molecule has 4 nitrogen and oxygen atoms in total. The van der Waals surface area contributed by atoms with Gasteiger partial charge in [-0.15, -0.1) is 0 Å². The second-order valence-corrected chi connectivity index (χ2v) is 13.1. The predicted octanol–water partition coefficient (Wildman–Crippen LogP) is 4.94. The molecule has 0 saturated carbocycles. The highest BCUT2D eigenvalue weighted by Gasteiger charge is 2.18. The van der Waals surface area contributed by atoms with Crippen LogP contribution in [0.3, 0.4) is 0 Å². The van der Waals surface area contributed by atoms with Crippen LogP contribution >= 0.6 is 0 Å². The number of aryl methyl sites for hydroxylation is 1. The summed E-state index contributed by atoms with van der Waals surface area (Å²) in [7, 11) is 0.656. The van der Waals surface area contributed by atoms with Crippen LogP contribution < -0.4 is 10.5 Å². The second kappa shape index (κ2) is 9.17. The van der Waals surface area contributed by atoms with Crippen molar-refractivity contribution in [1.29, 1.82) is 0 Å². The normalized spacial score (nSPS) is 12.6. The summed E-state index contributed by atoms with van der Waals surface area (Å²) in [5.74, 6) is 0.541. The van der Waals surface area contributed by atoms with Gasteiger partial charge in [-0.05, 0) is 38.0 Å². The Hall–Kier alpha value is -1.63. The van der Waals surface area contributed by atoms with Gasteiger partial charge in [0.25, 0.3) is 6.43 Å². The van der Waals surface area contributed by atoms with E-state index in [4.69, 9.17) is 10.5 Å². The van der Waals surface area contributed by atoms with Crippen LogP contribution in [0, 0.1) is 6.92 Å². The van der Waals surface area contributed by atoms with E-state index in [1.165, 1.54) is 6.07 Å². The maximum Gasteiger partial charge on any atom is 0.267 e.